The van der Waals surface area contributed by atoms with E-state index in [0.717, 1.165) is 25.7 Å². The van der Waals surface area contributed by atoms with Crippen molar-refractivity contribution in [3.8, 4) is 0 Å². The molecule has 18 heavy (non-hydrogen) atoms. The third kappa shape index (κ3) is 5.63. The fourth-order valence-corrected chi connectivity index (χ4v) is 2.17. The molecule has 1 saturated carbocycles. The van der Waals surface area contributed by atoms with Crippen LogP contribution >= 0.6 is 0 Å². The molecule has 4 nitrogen and oxygen atoms in total. The molecule has 1 aliphatic carbocycles. The first-order valence-electron chi connectivity index (χ1n) is 6.72. The minimum atomic E-state index is -0.462. The van der Waals surface area contributed by atoms with Crippen molar-refractivity contribution in [1.29, 1.82) is 0 Å². The highest BCUT2D eigenvalue weighted by molar-refractivity contribution is 5.96. The second-order valence-corrected chi connectivity index (χ2v) is 5.70. The first kappa shape index (κ1) is 15.2. The van der Waals surface area contributed by atoms with Crippen LogP contribution in [-0.4, -0.2) is 31.1 Å². The Labute approximate surface area is 109 Å². The lowest BCUT2D eigenvalue weighted by Gasteiger charge is -2.34. The van der Waals surface area contributed by atoms with E-state index in [1.807, 2.05) is 0 Å². The molecule has 0 N–H and O–H groups in total. The first-order chi connectivity index (χ1) is 8.43. The number of ether oxygens (including phenoxy) is 2. The van der Waals surface area contributed by atoms with Crippen molar-refractivity contribution < 1.29 is 19.1 Å². The van der Waals surface area contributed by atoms with Crippen LogP contribution in [0.1, 0.15) is 52.9 Å². The lowest BCUT2D eigenvalue weighted by Crippen LogP contribution is -2.28. The maximum Gasteiger partial charge on any atom is 0.313 e. The predicted molar refractivity (Wildman–Crippen MR) is 68.2 cm³/mol. The van der Waals surface area contributed by atoms with Gasteiger partial charge >= 0.3 is 5.97 Å². The molecule has 1 aliphatic rings. The summed E-state index contributed by atoms with van der Waals surface area (Å²) in [6, 6.07) is 0. The van der Waals surface area contributed by atoms with E-state index in [0.29, 0.717) is 12.0 Å². The third-order valence-electron chi connectivity index (χ3n) is 3.41. The van der Waals surface area contributed by atoms with Crippen molar-refractivity contribution in [2.24, 2.45) is 5.41 Å². The second kappa shape index (κ2) is 6.88. The number of carbonyl (C=O) groups is 2. The minimum Gasteiger partial charge on any atom is -0.466 e. The van der Waals surface area contributed by atoms with Crippen LogP contribution in [0.2, 0.25) is 0 Å². The number of esters is 1. The van der Waals surface area contributed by atoms with E-state index in [-0.39, 0.29) is 24.9 Å². The molecule has 1 fully saturated rings. The maximum absolute atomic E-state index is 11.5. The van der Waals surface area contributed by atoms with Crippen LogP contribution in [0.5, 0.6) is 0 Å². The Balaban J connectivity index is 2.17. The number of Topliss-reactive ketones (excluding diaryl/α,β-unsaturated/α-hetero) is 1. The van der Waals surface area contributed by atoms with Gasteiger partial charge in [-0.1, -0.05) is 13.8 Å². The van der Waals surface area contributed by atoms with Crippen molar-refractivity contribution in [3.63, 3.8) is 0 Å². The Hall–Kier alpha value is -0.900. The van der Waals surface area contributed by atoms with Gasteiger partial charge in [-0.05, 0) is 38.0 Å². The average molecular weight is 256 g/mol. The highest BCUT2D eigenvalue weighted by atomic mass is 16.5. The normalized spacial score (nSPS) is 19.5. The summed E-state index contributed by atoms with van der Waals surface area (Å²) in [4.78, 5) is 22.6. The molecule has 0 amide bonds. The average Bonchev–Trinajstić information content (AvgIpc) is 2.28. The van der Waals surface area contributed by atoms with Gasteiger partial charge in [-0.3, -0.25) is 9.59 Å². The van der Waals surface area contributed by atoms with E-state index in [2.05, 4.69) is 13.8 Å². The van der Waals surface area contributed by atoms with Gasteiger partial charge in [-0.15, -0.1) is 0 Å². The van der Waals surface area contributed by atoms with Crippen molar-refractivity contribution in [3.05, 3.63) is 0 Å². The second-order valence-electron chi connectivity index (χ2n) is 5.70. The van der Waals surface area contributed by atoms with Crippen molar-refractivity contribution in [2.75, 3.05) is 13.2 Å². The topological polar surface area (TPSA) is 52.6 Å². The Morgan fingerprint density at radius 1 is 1.22 bits per heavy atom. The van der Waals surface area contributed by atoms with Gasteiger partial charge in [0.25, 0.3) is 0 Å². The summed E-state index contributed by atoms with van der Waals surface area (Å²) in [6.07, 6.45) is 4.25. The molecule has 0 aromatic rings. The lowest BCUT2D eigenvalue weighted by molar-refractivity contribution is -0.147. The molecular weight excluding hydrogens is 232 g/mol. The summed E-state index contributed by atoms with van der Waals surface area (Å²) in [7, 11) is 0. The highest BCUT2D eigenvalue weighted by Crippen LogP contribution is 2.36. The molecule has 0 bridgehead atoms. The smallest absolute Gasteiger partial charge is 0.313 e. The summed E-state index contributed by atoms with van der Waals surface area (Å²) in [6.45, 7) is 6.58. The standard InChI is InChI=1S/C14H24O4/c1-4-17-13(16)9-11(15)10-18-12-5-7-14(2,3)8-6-12/h12H,4-10H2,1-3H3. The Bertz CT molecular complexity index is 286. The van der Waals surface area contributed by atoms with E-state index in [1.165, 1.54) is 0 Å². The lowest BCUT2D eigenvalue weighted by atomic mass is 9.76. The molecule has 4 heteroatoms. The first-order valence-corrected chi connectivity index (χ1v) is 6.72. The van der Waals surface area contributed by atoms with Gasteiger partial charge in [0.1, 0.15) is 13.0 Å². The molecular formula is C14H24O4. The molecule has 0 radical (unpaired) electrons. The molecule has 0 aromatic carbocycles. The van der Waals surface area contributed by atoms with Crippen molar-refractivity contribution in [2.45, 2.75) is 59.0 Å². The summed E-state index contributed by atoms with van der Waals surface area (Å²) < 4.78 is 10.3. The fourth-order valence-electron chi connectivity index (χ4n) is 2.17. The molecule has 0 aliphatic heterocycles. The van der Waals surface area contributed by atoms with Gasteiger partial charge in [0.05, 0.1) is 12.7 Å². The van der Waals surface area contributed by atoms with Crippen LogP contribution in [0.25, 0.3) is 0 Å². The number of hydrogen-bond donors (Lipinski definition) is 0. The van der Waals surface area contributed by atoms with Gasteiger partial charge in [0.2, 0.25) is 0 Å². The van der Waals surface area contributed by atoms with Crippen LogP contribution < -0.4 is 0 Å². The van der Waals surface area contributed by atoms with Gasteiger partial charge in [-0.2, -0.15) is 0 Å². The molecule has 0 saturated heterocycles. The number of carbonyl (C=O) groups excluding carboxylic acids is 2. The number of ketones is 1. The summed E-state index contributed by atoms with van der Waals surface area (Å²) >= 11 is 0. The van der Waals surface area contributed by atoms with Crippen LogP contribution in [0, 0.1) is 5.41 Å². The molecule has 0 spiro atoms. The van der Waals surface area contributed by atoms with Gasteiger partial charge in [0, 0.05) is 0 Å². The van der Waals surface area contributed by atoms with Crippen molar-refractivity contribution in [1.82, 2.24) is 0 Å². The monoisotopic (exact) mass is 256 g/mol. The molecule has 0 heterocycles. The van der Waals surface area contributed by atoms with Crippen molar-refractivity contribution >= 4 is 11.8 Å². The molecule has 1 rings (SSSR count). The Morgan fingerprint density at radius 2 is 1.83 bits per heavy atom. The van der Waals surface area contributed by atoms with Crippen LogP contribution in [0.3, 0.4) is 0 Å². The largest absolute Gasteiger partial charge is 0.466 e. The van der Waals surface area contributed by atoms with E-state index < -0.39 is 5.97 Å². The van der Waals surface area contributed by atoms with Crippen LogP contribution in [0.4, 0.5) is 0 Å². The van der Waals surface area contributed by atoms with E-state index >= 15 is 0 Å². The third-order valence-corrected chi connectivity index (χ3v) is 3.41. The van der Waals surface area contributed by atoms with E-state index in [1.54, 1.807) is 6.92 Å². The molecule has 104 valence electrons. The number of hydrogen-bond acceptors (Lipinski definition) is 4. The molecule has 0 unspecified atom stereocenters. The van der Waals surface area contributed by atoms with Gasteiger partial charge < -0.3 is 9.47 Å². The predicted octanol–water partition coefficient (Wildman–Crippen LogP) is 2.49. The maximum atomic E-state index is 11.5. The Kier molecular flexibility index (Phi) is 5.79. The van der Waals surface area contributed by atoms with Crippen LogP contribution in [0.15, 0.2) is 0 Å². The SMILES string of the molecule is CCOC(=O)CC(=O)COC1CCC(C)(C)CC1. The highest BCUT2D eigenvalue weighted by Gasteiger charge is 2.27. The van der Waals surface area contributed by atoms with E-state index in [4.69, 9.17) is 9.47 Å². The van der Waals surface area contributed by atoms with E-state index in [9.17, 15) is 9.59 Å². The van der Waals surface area contributed by atoms with Crippen LogP contribution in [-0.2, 0) is 19.1 Å². The zero-order chi connectivity index (χ0) is 13.6. The minimum absolute atomic E-state index is 0.0317. The number of rotatable bonds is 6. The zero-order valence-electron chi connectivity index (χ0n) is 11.7. The van der Waals surface area contributed by atoms with Gasteiger partial charge in [0.15, 0.2) is 5.78 Å². The quantitative estimate of drug-likeness (QED) is 0.541. The summed E-state index contributed by atoms with van der Waals surface area (Å²) in [5, 5.41) is 0. The zero-order valence-corrected chi connectivity index (χ0v) is 11.7. The molecule has 0 atom stereocenters. The summed E-state index contributed by atoms with van der Waals surface area (Å²) in [5.74, 6) is -0.658. The fraction of sp³-hybridized carbons (Fsp3) is 0.857. The summed E-state index contributed by atoms with van der Waals surface area (Å²) in [5.41, 5.74) is 0.398. The Morgan fingerprint density at radius 3 is 2.39 bits per heavy atom. The van der Waals surface area contributed by atoms with Gasteiger partial charge in [-0.25, -0.2) is 0 Å². The molecule has 0 aromatic heterocycles.